The zero-order chi connectivity index (χ0) is 12.8. The lowest BCUT2D eigenvalue weighted by Gasteiger charge is -2.00. The SMILES string of the molecule is CC.Cn1cc(-c2cnc(N)c(C=O)c2)cn1. The Kier molecular flexibility index (Phi) is 4.39. The summed E-state index contributed by atoms with van der Waals surface area (Å²) in [7, 11) is 1.83. The molecule has 0 amide bonds. The molecule has 0 aliphatic rings. The predicted octanol–water partition coefficient (Wildman–Crippen LogP) is 1.90. The molecule has 2 heterocycles. The average molecular weight is 232 g/mol. The van der Waals surface area contributed by atoms with Gasteiger partial charge < -0.3 is 5.73 Å². The van der Waals surface area contributed by atoms with E-state index in [9.17, 15) is 4.79 Å². The molecule has 2 N–H and O–H groups in total. The number of aromatic nitrogens is 3. The number of nitrogens with zero attached hydrogens (tertiary/aromatic N) is 3. The summed E-state index contributed by atoms with van der Waals surface area (Å²) in [6.07, 6.45) is 5.88. The van der Waals surface area contributed by atoms with Gasteiger partial charge in [-0.2, -0.15) is 5.10 Å². The molecule has 0 saturated carbocycles. The van der Waals surface area contributed by atoms with Crippen LogP contribution in [0.2, 0.25) is 0 Å². The Morgan fingerprint density at radius 3 is 2.53 bits per heavy atom. The maximum Gasteiger partial charge on any atom is 0.153 e. The van der Waals surface area contributed by atoms with E-state index in [0.29, 0.717) is 11.8 Å². The van der Waals surface area contributed by atoms with Crippen molar-refractivity contribution in [2.45, 2.75) is 13.8 Å². The minimum atomic E-state index is 0.248. The van der Waals surface area contributed by atoms with E-state index in [1.165, 1.54) is 0 Å². The van der Waals surface area contributed by atoms with Crippen LogP contribution in [0.15, 0.2) is 24.7 Å². The largest absolute Gasteiger partial charge is 0.383 e. The first-order valence-electron chi connectivity index (χ1n) is 5.40. The second-order valence-electron chi connectivity index (χ2n) is 3.22. The summed E-state index contributed by atoms with van der Waals surface area (Å²) in [5.74, 6) is 0.248. The molecular formula is C12H16N4O. The van der Waals surface area contributed by atoms with Gasteiger partial charge in [0.05, 0.1) is 11.8 Å². The number of carbonyl (C=O) groups excluding carboxylic acids is 1. The van der Waals surface area contributed by atoms with E-state index in [1.807, 2.05) is 27.1 Å². The third kappa shape index (κ3) is 2.90. The zero-order valence-corrected chi connectivity index (χ0v) is 10.2. The van der Waals surface area contributed by atoms with E-state index in [4.69, 9.17) is 5.73 Å². The smallest absolute Gasteiger partial charge is 0.153 e. The number of rotatable bonds is 2. The number of aryl methyl sites for hydroxylation is 1. The third-order valence-electron chi connectivity index (χ3n) is 2.11. The van der Waals surface area contributed by atoms with Crippen LogP contribution in [0.25, 0.3) is 11.1 Å². The Morgan fingerprint density at radius 1 is 1.29 bits per heavy atom. The molecule has 0 fully saturated rings. The summed E-state index contributed by atoms with van der Waals surface area (Å²) in [4.78, 5) is 14.6. The van der Waals surface area contributed by atoms with Crippen LogP contribution >= 0.6 is 0 Å². The Hall–Kier alpha value is -2.17. The first-order valence-corrected chi connectivity index (χ1v) is 5.40. The highest BCUT2D eigenvalue weighted by atomic mass is 16.1. The van der Waals surface area contributed by atoms with Crippen LogP contribution in [-0.2, 0) is 7.05 Å². The standard InChI is InChI=1S/C10H10N4O.C2H6/c1-14-5-9(4-13-14)7-2-8(6-15)10(11)12-3-7;1-2/h2-6H,1H3,(H2,11,12);1-2H3. The zero-order valence-electron chi connectivity index (χ0n) is 10.2. The Bertz CT molecular complexity index is 505. The summed E-state index contributed by atoms with van der Waals surface area (Å²) >= 11 is 0. The fraction of sp³-hybridized carbons (Fsp3) is 0.250. The Balaban J connectivity index is 0.000000686. The van der Waals surface area contributed by atoms with Gasteiger partial charge in [-0.15, -0.1) is 0 Å². The monoisotopic (exact) mass is 232 g/mol. The van der Waals surface area contributed by atoms with Gasteiger partial charge in [0.25, 0.3) is 0 Å². The van der Waals surface area contributed by atoms with Crippen molar-refractivity contribution in [3.63, 3.8) is 0 Å². The highest BCUT2D eigenvalue weighted by Gasteiger charge is 2.04. The van der Waals surface area contributed by atoms with Gasteiger partial charge in [0, 0.05) is 30.6 Å². The fourth-order valence-electron chi connectivity index (χ4n) is 1.31. The fourth-order valence-corrected chi connectivity index (χ4v) is 1.31. The van der Waals surface area contributed by atoms with Crippen molar-refractivity contribution in [2.24, 2.45) is 7.05 Å². The topological polar surface area (TPSA) is 73.8 Å². The molecule has 0 spiro atoms. The van der Waals surface area contributed by atoms with Crippen LogP contribution in [-0.4, -0.2) is 21.1 Å². The van der Waals surface area contributed by atoms with Crippen LogP contribution in [0.3, 0.4) is 0 Å². The maximum atomic E-state index is 10.7. The predicted molar refractivity (Wildman–Crippen MR) is 67.6 cm³/mol. The average Bonchev–Trinajstić information content (AvgIpc) is 2.79. The van der Waals surface area contributed by atoms with Gasteiger partial charge in [0.2, 0.25) is 0 Å². The minimum absolute atomic E-state index is 0.248. The van der Waals surface area contributed by atoms with Gasteiger partial charge in [-0.05, 0) is 6.07 Å². The quantitative estimate of drug-likeness (QED) is 0.802. The summed E-state index contributed by atoms with van der Waals surface area (Å²) in [5.41, 5.74) is 7.66. The molecule has 2 rings (SSSR count). The number of nitrogens with two attached hydrogens (primary N) is 1. The normalized spacial score (nSPS) is 9.35. The molecule has 2 aromatic rings. The van der Waals surface area contributed by atoms with E-state index in [0.717, 1.165) is 11.1 Å². The molecular weight excluding hydrogens is 216 g/mol. The number of hydrogen-bond donors (Lipinski definition) is 1. The van der Waals surface area contributed by atoms with E-state index in [-0.39, 0.29) is 5.82 Å². The first-order chi connectivity index (χ1) is 8.20. The molecule has 17 heavy (non-hydrogen) atoms. The summed E-state index contributed by atoms with van der Waals surface area (Å²) < 4.78 is 1.69. The molecule has 0 aliphatic carbocycles. The van der Waals surface area contributed by atoms with Gasteiger partial charge in [-0.25, -0.2) is 4.98 Å². The molecule has 0 aromatic carbocycles. The van der Waals surface area contributed by atoms with Crippen molar-refractivity contribution in [3.05, 3.63) is 30.2 Å². The third-order valence-corrected chi connectivity index (χ3v) is 2.11. The number of aldehydes is 1. The Morgan fingerprint density at radius 2 is 2.00 bits per heavy atom. The van der Waals surface area contributed by atoms with Crippen molar-refractivity contribution in [2.75, 3.05) is 5.73 Å². The second-order valence-corrected chi connectivity index (χ2v) is 3.22. The summed E-state index contributed by atoms with van der Waals surface area (Å²) in [6, 6.07) is 1.70. The van der Waals surface area contributed by atoms with Gasteiger partial charge in [-0.3, -0.25) is 9.48 Å². The van der Waals surface area contributed by atoms with Gasteiger partial charge in [0.1, 0.15) is 5.82 Å². The summed E-state index contributed by atoms with van der Waals surface area (Å²) in [6.45, 7) is 4.00. The Labute approximate surface area is 100 Å². The first kappa shape index (κ1) is 12.9. The minimum Gasteiger partial charge on any atom is -0.383 e. The molecule has 5 heteroatoms. The van der Waals surface area contributed by atoms with Crippen LogP contribution in [0.1, 0.15) is 24.2 Å². The van der Waals surface area contributed by atoms with Crippen LogP contribution in [0.4, 0.5) is 5.82 Å². The molecule has 0 aliphatic heterocycles. The number of nitrogen functional groups attached to an aromatic ring is 1. The summed E-state index contributed by atoms with van der Waals surface area (Å²) in [5, 5.41) is 4.04. The molecule has 5 nitrogen and oxygen atoms in total. The van der Waals surface area contributed by atoms with E-state index < -0.39 is 0 Å². The van der Waals surface area contributed by atoms with Crippen molar-refractivity contribution in [1.82, 2.24) is 14.8 Å². The van der Waals surface area contributed by atoms with Gasteiger partial charge >= 0.3 is 0 Å². The van der Waals surface area contributed by atoms with Crippen LogP contribution < -0.4 is 5.73 Å². The highest BCUT2D eigenvalue weighted by molar-refractivity contribution is 5.84. The van der Waals surface area contributed by atoms with E-state index in [1.54, 1.807) is 23.1 Å². The number of carbonyl (C=O) groups is 1. The van der Waals surface area contributed by atoms with Gasteiger partial charge in [-0.1, -0.05) is 13.8 Å². The molecule has 0 atom stereocenters. The maximum absolute atomic E-state index is 10.7. The molecule has 0 bridgehead atoms. The molecule has 0 unspecified atom stereocenters. The van der Waals surface area contributed by atoms with Gasteiger partial charge in [0.15, 0.2) is 6.29 Å². The van der Waals surface area contributed by atoms with Crippen LogP contribution in [0.5, 0.6) is 0 Å². The van der Waals surface area contributed by atoms with E-state index in [2.05, 4.69) is 10.1 Å². The van der Waals surface area contributed by atoms with E-state index >= 15 is 0 Å². The lowest BCUT2D eigenvalue weighted by atomic mass is 10.1. The second kappa shape index (κ2) is 5.79. The number of pyridine rings is 1. The molecule has 90 valence electrons. The van der Waals surface area contributed by atoms with Crippen LogP contribution in [0, 0.1) is 0 Å². The van der Waals surface area contributed by atoms with Crippen molar-refractivity contribution in [3.8, 4) is 11.1 Å². The van der Waals surface area contributed by atoms with Crippen molar-refractivity contribution in [1.29, 1.82) is 0 Å². The highest BCUT2D eigenvalue weighted by Crippen LogP contribution is 2.20. The van der Waals surface area contributed by atoms with Crippen molar-refractivity contribution >= 4 is 12.1 Å². The van der Waals surface area contributed by atoms with Crippen molar-refractivity contribution < 1.29 is 4.79 Å². The molecule has 0 radical (unpaired) electrons. The lowest BCUT2D eigenvalue weighted by molar-refractivity contribution is 0.112. The molecule has 2 aromatic heterocycles. The lowest BCUT2D eigenvalue weighted by Crippen LogP contribution is -1.96. The number of hydrogen-bond acceptors (Lipinski definition) is 4. The number of anilines is 1. The molecule has 0 saturated heterocycles.